The number of hydrazine groups is 1. The topological polar surface area (TPSA) is 131 Å². The smallest absolute Gasteiger partial charge is 0.338 e. The van der Waals surface area contributed by atoms with Crippen molar-refractivity contribution in [2.24, 2.45) is 0 Å². The summed E-state index contributed by atoms with van der Waals surface area (Å²) in [5.74, 6) is -2.17. The Bertz CT molecular complexity index is 976. The summed E-state index contributed by atoms with van der Waals surface area (Å²) in [7, 11) is -2.48. The Kier molecular flexibility index (Phi) is 6.85. The van der Waals surface area contributed by atoms with Gasteiger partial charge < -0.3 is 4.74 Å². The van der Waals surface area contributed by atoms with Crippen LogP contribution in [0, 0.1) is 0 Å². The van der Waals surface area contributed by atoms with Crippen LogP contribution in [0.4, 0.5) is 0 Å². The van der Waals surface area contributed by atoms with Crippen LogP contribution in [0.3, 0.4) is 0 Å². The maximum atomic E-state index is 12.2. The second-order valence-corrected chi connectivity index (χ2v) is 7.48. The highest BCUT2D eigenvalue weighted by Crippen LogP contribution is 2.13. The summed E-state index contributed by atoms with van der Waals surface area (Å²) >= 11 is 0. The number of hydrogen-bond acceptors (Lipinski definition) is 6. The second-order valence-electron chi connectivity index (χ2n) is 5.59. The molecule has 0 saturated heterocycles. The van der Waals surface area contributed by atoms with Gasteiger partial charge in [-0.15, -0.1) is 0 Å². The molecule has 2 aromatic carbocycles. The van der Waals surface area contributed by atoms with Crippen molar-refractivity contribution < 1.29 is 27.5 Å². The Morgan fingerprint density at radius 1 is 0.929 bits per heavy atom. The van der Waals surface area contributed by atoms with Gasteiger partial charge in [0, 0.05) is 5.56 Å². The summed E-state index contributed by atoms with van der Waals surface area (Å²) in [5.41, 5.74) is 4.68. The zero-order chi connectivity index (χ0) is 20.7. The quantitative estimate of drug-likeness (QED) is 0.477. The molecule has 0 aliphatic heterocycles. The van der Waals surface area contributed by atoms with E-state index in [2.05, 4.69) is 15.6 Å². The highest BCUT2D eigenvalue weighted by atomic mass is 32.2. The van der Waals surface area contributed by atoms with Crippen LogP contribution in [0.2, 0.25) is 0 Å². The first-order chi connectivity index (χ1) is 13.2. The summed E-state index contributed by atoms with van der Waals surface area (Å²) in [6, 6.07) is 13.4. The molecule has 0 bridgehead atoms. The average molecular weight is 405 g/mol. The van der Waals surface area contributed by atoms with Gasteiger partial charge in [-0.2, -0.15) is 0 Å². The molecule has 0 spiro atoms. The highest BCUT2D eigenvalue weighted by Gasteiger charge is 2.21. The third kappa shape index (κ3) is 5.38. The molecule has 28 heavy (non-hydrogen) atoms. The number of carbonyl (C=O) groups excluding carboxylic acids is 3. The molecule has 2 aromatic rings. The molecule has 0 unspecified atom stereocenters. The molecule has 9 nitrogen and oxygen atoms in total. The van der Waals surface area contributed by atoms with E-state index in [1.807, 2.05) is 0 Å². The second kappa shape index (κ2) is 9.11. The van der Waals surface area contributed by atoms with E-state index in [4.69, 9.17) is 4.74 Å². The van der Waals surface area contributed by atoms with Gasteiger partial charge in [-0.25, -0.2) is 17.9 Å². The van der Waals surface area contributed by atoms with E-state index in [0.717, 1.165) is 6.07 Å². The number of benzene rings is 2. The largest absolute Gasteiger partial charge is 0.449 e. The van der Waals surface area contributed by atoms with Crippen molar-refractivity contribution in [1.82, 2.24) is 15.6 Å². The third-order valence-corrected chi connectivity index (χ3v) is 5.05. The Labute approximate surface area is 162 Å². The van der Waals surface area contributed by atoms with E-state index in [0.29, 0.717) is 5.56 Å². The lowest BCUT2D eigenvalue weighted by Gasteiger charge is -2.14. The SMILES string of the molecule is CNS(=O)(=O)c1cccc(C(=O)O[C@H](C)C(=O)NNC(=O)c2ccccc2)c1. The van der Waals surface area contributed by atoms with Crippen molar-refractivity contribution in [3.8, 4) is 0 Å². The van der Waals surface area contributed by atoms with Crippen LogP contribution in [-0.2, 0) is 19.6 Å². The monoisotopic (exact) mass is 405 g/mol. The Morgan fingerprint density at radius 2 is 1.57 bits per heavy atom. The highest BCUT2D eigenvalue weighted by molar-refractivity contribution is 7.89. The van der Waals surface area contributed by atoms with Crippen LogP contribution >= 0.6 is 0 Å². The van der Waals surface area contributed by atoms with E-state index in [-0.39, 0.29) is 10.5 Å². The number of sulfonamides is 1. The number of hydrogen-bond donors (Lipinski definition) is 3. The molecule has 2 amide bonds. The Balaban J connectivity index is 1.95. The number of amides is 2. The molecular weight excluding hydrogens is 386 g/mol. The van der Waals surface area contributed by atoms with Crippen molar-refractivity contribution in [3.63, 3.8) is 0 Å². The molecule has 10 heteroatoms. The number of nitrogens with one attached hydrogen (secondary N) is 3. The van der Waals surface area contributed by atoms with Crippen LogP contribution in [-0.4, -0.2) is 39.4 Å². The molecule has 0 aliphatic rings. The van der Waals surface area contributed by atoms with Gasteiger partial charge in [0.2, 0.25) is 10.0 Å². The molecular formula is C18H19N3O6S. The van der Waals surface area contributed by atoms with Crippen LogP contribution in [0.25, 0.3) is 0 Å². The predicted octanol–water partition coefficient (Wildman–Crippen LogP) is 0.601. The molecule has 0 aromatic heterocycles. The van der Waals surface area contributed by atoms with Gasteiger partial charge in [0.15, 0.2) is 6.10 Å². The van der Waals surface area contributed by atoms with Gasteiger partial charge in [0.05, 0.1) is 10.5 Å². The van der Waals surface area contributed by atoms with Crippen LogP contribution in [0.15, 0.2) is 59.5 Å². The predicted molar refractivity (Wildman–Crippen MR) is 99.6 cm³/mol. The maximum absolute atomic E-state index is 12.2. The molecule has 3 N–H and O–H groups in total. The number of rotatable bonds is 6. The molecule has 2 rings (SSSR count). The molecule has 0 saturated carbocycles. The van der Waals surface area contributed by atoms with Crippen LogP contribution < -0.4 is 15.6 Å². The fourth-order valence-electron chi connectivity index (χ4n) is 2.07. The molecule has 0 radical (unpaired) electrons. The summed E-state index contributed by atoms with van der Waals surface area (Å²) in [5, 5.41) is 0. The Morgan fingerprint density at radius 3 is 2.21 bits per heavy atom. The zero-order valence-electron chi connectivity index (χ0n) is 15.1. The lowest BCUT2D eigenvalue weighted by Crippen LogP contribution is -2.46. The summed E-state index contributed by atoms with van der Waals surface area (Å²) in [6.45, 7) is 1.32. The number of esters is 1. The van der Waals surface area contributed by atoms with E-state index in [1.165, 1.54) is 32.2 Å². The van der Waals surface area contributed by atoms with Gasteiger partial charge in [0.25, 0.3) is 11.8 Å². The summed E-state index contributed by atoms with van der Waals surface area (Å²) < 4.78 is 30.8. The summed E-state index contributed by atoms with van der Waals surface area (Å²) in [6.07, 6.45) is -1.23. The number of carbonyl (C=O) groups is 3. The first-order valence-electron chi connectivity index (χ1n) is 8.14. The van der Waals surface area contributed by atoms with Crippen LogP contribution in [0.1, 0.15) is 27.6 Å². The minimum atomic E-state index is -3.73. The van der Waals surface area contributed by atoms with Gasteiger partial charge in [-0.1, -0.05) is 24.3 Å². The minimum absolute atomic E-state index is 0.0377. The fourth-order valence-corrected chi connectivity index (χ4v) is 2.85. The molecule has 0 heterocycles. The normalized spacial score (nSPS) is 11.9. The summed E-state index contributed by atoms with van der Waals surface area (Å²) in [4.78, 5) is 36.0. The fraction of sp³-hybridized carbons (Fsp3) is 0.167. The van der Waals surface area contributed by atoms with Gasteiger partial charge in [-0.3, -0.25) is 20.4 Å². The molecule has 148 valence electrons. The van der Waals surface area contributed by atoms with E-state index < -0.39 is 33.9 Å². The first-order valence-corrected chi connectivity index (χ1v) is 9.63. The van der Waals surface area contributed by atoms with Gasteiger partial charge in [-0.05, 0) is 44.3 Å². The van der Waals surface area contributed by atoms with E-state index in [9.17, 15) is 22.8 Å². The van der Waals surface area contributed by atoms with Crippen molar-refractivity contribution in [3.05, 3.63) is 65.7 Å². The minimum Gasteiger partial charge on any atom is -0.449 e. The van der Waals surface area contributed by atoms with E-state index in [1.54, 1.807) is 30.3 Å². The average Bonchev–Trinajstić information content (AvgIpc) is 2.72. The third-order valence-electron chi connectivity index (χ3n) is 3.64. The van der Waals surface area contributed by atoms with E-state index >= 15 is 0 Å². The van der Waals surface area contributed by atoms with Gasteiger partial charge in [0.1, 0.15) is 0 Å². The van der Waals surface area contributed by atoms with Crippen molar-refractivity contribution in [2.75, 3.05) is 7.05 Å². The Hall–Kier alpha value is -3.24. The van der Waals surface area contributed by atoms with Crippen molar-refractivity contribution >= 4 is 27.8 Å². The molecule has 1 atom stereocenters. The van der Waals surface area contributed by atoms with Crippen LogP contribution in [0.5, 0.6) is 0 Å². The van der Waals surface area contributed by atoms with Crippen molar-refractivity contribution in [2.45, 2.75) is 17.9 Å². The zero-order valence-corrected chi connectivity index (χ0v) is 15.9. The maximum Gasteiger partial charge on any atom is 0.338 e. The van der Waals surface area contributed by atoms with Crippen molar-refractivity contribution in [1.29, 1.82) is 0 Å². The molecule has 0 fully saturated rings. The van der Waals surface area contributed by atoms with Gasteiger partial charge >= 0.3 is 5.97 Å². The lowest BCUT2D eigenvalue weighted by atomic mass is 10.2. The lowest BCUT2D eigenvalue weighted by molar-refractivity contribution is -0.129. The molecule has 0 aliphatic carbocycles. The standard InChI is InChI=1S/C18H19N3O6S/c1-12(16(22)20-21-17(23)13-7-4-3-5-8-13)27-18(24)14-9-6-10-15(11-14)28(25,26)19-2/h3-12,19H,1-2H3,(H,20,22)(H,21,23)/t12-/m1/s1. The first kappa shape index (κ1) is 21.1. The number of ether oxygens (including phenoxy) is 1.